The van der Waals surface area contributed by atoms with Crippen LogP contribution in [0.5, 0.6) is 0 Å². The maximum absolute atomic E-state index is 5.68. The molecule has 2 aromatic rings. The summed E-state index contributed by atoms with van der Waals surface area (Å²) in [4.78, 5) is 4.76. The fourth-order valence-electron chi connectivity index (χ4n) is 3.16. The smallest absolute Gasteiger partial charge is 0.191 e. The Hall–Kier alpha value is -2.34. The molecule has 140 valence electrons. The Morgan fingerprint density at radius 1 is 1.27 bits per heavy atom. The molecule has 0 bridgehead atoms. The third-order valence-corrected chi connectivity index (χ3v) is 4.54. The van der Waals surface area contributed by atoms with Crippen molar-refractivity contribution in [2.45, 2.75) is 45.4 Å². The lowest BCUT2D eigenvalue weighted by Crippen LogP contribution is -2.38. The van der Waals surface area contributed by atoms with Gasteiger partial charge >= 0.3 is 0 Å². The van der Waals surface area contributed by atoms with E-state index in [2.05, 4.69) is 46.9 Å². The Morgan fingerprint density at radius 3 is 2.88 bits per heavy atom. The molecule has 1 aromatic heterocycles. The van der Waals surface area contributed by atoms with Crippen molar-refractivity contribution < 1.29 is 4.74 Å². The van der Waals surface area contributed by atoms with Crippen molar-refractivity contribution in [2.75, 3.05) is 19.7 Å². The third-order valence-electron chi connectivity index (χ3n) is 4.54. The average molecular weight is 355 g/mol. The maximum atomic E-state index is 5.68. The Balaban J connectivity index is 1.57. The predicted octanol–water partition coefficient (Wildman–Crippen LogP) is 2.56. The first-order valence-electron chi connectivity index (χ1n) is 9.53. The van der Waals surface area contributed by atoms with Crippen LogP contribution < -0.4 is 10.6 Å². The lowest BCUT2D eigenvalue weighted by atomic mass is 10.1. The number of aromatic nitrogens is 2. The molecule has 1 aliphatic heterocycles. The molecular weight excluding hydrogens is 326 g/mol. The predicted molar refractivity (Wildman–Crippen MR) is 104 cm³/mol. The molecule has 6 heteroatoms. The van der Waals surface area contributed by atoms with Gasteiger partial charge in [-0.2, -0.15) is 5.10 Å². The first kappa shape index (κ1) is 18.5. The van der Waals surface area contributed by atoms with E-state index in [0.717, 1.165) is 38.6 Å². The highest BCUT2D eigenvalue weighted by Crippen LogP contribution is 2.14. The van der Waals surface area contributed by atoms with E-state index in [4.69, 9.17) is 9.73 Å². The van der Waals surface area contributed by atoms with Crippen molar-refractivity contribution >= 4 is 5.96 Å². The van der Waals surface area contributed by atoms with E-state index < -0.39 is 0 Å². The second-order valence-electron chi connectivity index (χ2n) is 6.52. The molecular formula is C20H29N5O. The summed E-state index contributed by atoms with van der Waals surface area (Å²) < 4.78 is 7.62. The van der Waals surface area contributed by atoms with Crippen LogP contribution in [0.25, 0.3) is 0 Å². The molecule has 1 fully saturated rings. The summed E-state index contributed by atoms with van der Waals surface area (Å²) in [5.74, 6) is 0.861. The third kappa shape index (κ3) is 5.59. The van der Waals surface area contributed by atoms with Crippen molar-refractivity contribution in [1.29, 1.82) is 0 Å². The Morgan fingerprint density at radius 2 is 2.15 bits per heavy atom. The van der Waals surface area contributed by atoms with Crippen molar-refractivity contribution in [3.05, 3.63) is 53.9 Å². The molecule has 1 atom stereocenters. The second-order valence-corrected chi connectivity index (χ2v) is 6.52. The molecule has 0 amide bonds. The molecule has 1 saturated heterocycles. The van der Waals surface area contributed by atoms with Gasteiger partial charge in [0.2, 0.25) is 0 Å². The van der Waals surface area contributed by atoms with Crippen LogP contribution in [0.2, 0.25) is 0 Å². The van der Waals surface area contributed by atoms with Crippen LogP contribution in [0, 0.1) is 0 Å². The summed E-state index contributed by atoms with van der Waals surface area (Å²) in [5.41, 5.74) is 2.47. The van der Waals surface area contributed by atoms with Gasteiger partial charge in [0.25, 0.3) is 0 Å². The zero-order valence-electron chi connectivity index (χ0n) is 15.5. The summed E-state index contributed by atoms with van der Waals surface area (Å²) in [6.45, 7) is 6.13. The molecule has 0 spiro atoms. The van der Waals surface area contributed by atoms with Gasteiger partial charge in [-0.15, -0.1) is 0 Å². The Kier molecular flexibility index (Phi) is 7.07. The van der Waals surface area contributed by atoms with Crippen LogP contribution in [0.1, 0.15) is 37.3 Å². The number of nitrogens with zero attached hydrogens (tertiary/aromatic N) is 3. The number of nitrogens with one attached hydrogen (secondary N) is 2. The van der Waals surface area contributed by atoms with Gasteiger partial charge in [0, 0.05) is 32.1 Å². The fourth-order valence-corrected chi connectivity index (χ4v) is 3.16. The van der Waals surface area contributed by atoms with Crippen LogP contribution in [0.4, 0.5) is 0 Å². The van der Waals surface area contributed by atoms with Crippen LogP contribution in [0.3, 0.4) is 0 Å². The van der Waals surface area contributed by atoms with E-state index in [1.807, 2.05) is 23.1 Å². The molecule has 26 heavy (non-hydrogen) atoms. The zero-order valence-corrected chi connectivity index (χ0v) is 15.5. The molecule has 6 nitrogen and oxygen atoms in total. The van der Waals surface area contributed by atoms with E-state index in [1.165, 1.54) is 24.0 Å². The van der Waals surface area contributed by atoms with Crippen LogP contribution in [-0.4, -0.2) is 41.5 Å². The number of guanidine groups is 1. The molecule has 0 radical (unpaired) electrons. The van der Waals surface area contributed by atoms with Crippen LogP contribution in [-0.2, 0) is 17.8 Å². The number of ether oxygens (including phenoxy) is 1. The molecule has 1 aliphatic rings. The first-order valence-corrected chi connectivity index (χ1v) is 9.53. The number of hydrogen-bond acceptors (Lipinski definition) is 3. The highest BCUT2D eigenvalue weighted by atomic mass is 16.5. The molecule has 0 saturated carbocycles. The number of benzene rings is 1. The maximum Gasteiger partial charge on any atom is 0.191 e. The second kappa shape index (κ2) is 9.97. The Bertz CT molecular complexity index is 677. The van der Waals surface area contributed by atoms with Crippen molar-refractivity contribution in [3.63, 3.8) is 0 Å². The van der Waals surface area contributed by atoms with Gasteiger partial charge in [0.15, 0.2) is 5.96 Å². The highest BCUT2D eigenvalue weighted by molar-refractivity contribution is 5.79. The number of aliphatic imine (C=N–C) groups is 1. The van der Waals surface area contributed by atoms with Gasteiger partial charge in [-0.05, 0) is 43.4 Å². The van der Waals surface area contributed by atoms with Gasteiger partial charge in [0.05, 0.1) is 19.2 Å². The van der Waals surface area contributed by atoms with Gasteiger partial charge in [-0.1, -0.05) is 24.3 Å². The fraction of sp³-hybridized carbons (Fsp3) is 0.500. The molecule has 1 aromatic carbocycles. The van der Waals surface area contributed by atoms with E-state index >= 15 is 0 Å². The van der Waals surface area contributed by atoms with Crippen molar-refractivity contribution in [2.24, 2.45) is 4.99 Å². The van der Waals surface area contributed by atoms with E-state index in [9.17, 15) is 0 Å². The standard InChI is InChI=1S/C20H29N5O/c1-2-21-20(22-12-10-19-9-5-14-26-19)23-15-17-7-3-4-8-18(17)16-25-13-6-11-24-25/h3-4,6-8,11,13,19H,2,5,9-10,12,14-16H2,1H3,(H2,21,22,23). The van der Waals surface area contributed by atoms with Gasteiger partial charge in [-0.25, -0.2) is 4.99 Å². The minimum absolute atomic E-state index is 0.403. The van der Waals surface area contributed by atoms with Crippen LogP contribution in [0.15, 0.2) is 47.7 Å². The van der Waals surface area contributed by atoms with E-state index in [-0.39, 0.29) is 0 Å². The normalized spacial score (nSPS) is 17.4. The molecule has 1 unspecified atom stereocenters. The minimum atomic E-state index is 0.403. The first-order chi connectivity index (χ1) is 12.8. The zero-order chi connectivity index (χ0) is 18.0. The van der Waals surface area contributed by atoms with Crippen molar-refractivity contribution in [3.8, 4) is 0 Å². The summed E-state index contributed by atoms with van der Waals surface area (Å²) in [5, 5.41) is 11.0. The quantitative estimate of drug-likeness (QED) is 0.564. The summed E-state index contributed by atoms with van der Waals surface area (Å²) >= 11 is 0. The minimum Gasteiger partial charge on any atom is -0.378 e. The van der Waals surface area contributed by atoms with Gasteiger partial charge < -0.3 is 15.4 Å². The number of rotatable bonds is 8. The van der Waals surface area contributed by atoms with Gasteiger partial charge in [-0.3, -0.25) is 4.68 Å². The van der Waals surface area contributed by atoms with Crippen LogP contribution >= 0.6 is 0 Å². The topological polar surface area (TPSA) is 63.5 Å². The summed E-state index contributed by atoms with van der Waals surface area (Å²) in [6, 6.07) is 10.4. The molecule has 2 N–H and O–H groups in total. The lowest BCUT2D eigenvalue weighted by molar-refractivity contribution is 0.105. The SMILES string of the molecule is CCNC(=NCc1ccccc1Cn1cccn1)NCCC1CCCO1. The molecule has 3 rings (SSSR count). The lowest BCUT2D eigenvalue weighted by Gasteiger charge is -2.14. The average Bonchev–Trinajstić information content (AvgIpc) is 3.35. The van der Waals surface area contributed by atoms with Crippen molar-refractivity contribution in [1.82, 2.24) is 20.4 Å². The van der Waals surface area contributed by atoms with Gasteiger partial charge in [0.1, 0.15) is 0 Å². The summed E-state index contributed by atoms with van der Waals surface area (Å²) in [6.07, 6.45) is 7.58. The van der Waals surface area contributed by atoms with E-state index in [1.54, 1.807) is 0 Å². The Labute approximate surface area is 155 Å². The van der Waals surface area contributed by atoms with E-state index in [0.29, 0.717) is 12.6 Å². The molecule has 2 heterocycles. The number of hydrogen-bond donors (Lipinski definition) is 2. The monoisotopic (exact) mass is 355 g/mol. The highest BCUT2D eigenvalue weighted by Gasteiger charge is 2.14. The molecule has 0 aliphatic carbocycles. The summed E-state index contributed by atoms with van der Waals surface area (Å²) in [7, 11) is 0. The largest absolute Gasteiger partial charge is 0.378 e.